The quantitative estimate of drug-likeness (QED) is 0.717. The van der Waals surface area contributed by atoms with E-state index in [2.05, 4.69) is 4.90 Å². The predicted molar refractivity (Wildman–Crippen MR) is 108 cm³/mol. The van der Waals surface area contributed by atoms with Gasteiger partial charge in [0.05, 0.1) is 5.25 Å². The third kappa shape index (κ3) is 4.77. The lowest BCUT2D eigenvalue weighted by Gasteiger charge is -2.36. The second-order valence-electron chi connectivity index (χ2n) is 6.84. The second kappa shape index (κ2) is 9.28. The van der Waals surface area contributed by atoms with Crippen molar-refractivity contribution in [1.82, 2.24) is 14.7 Å². The number of methoxy groups -OCH3 is 1. The van der Waals surface area contributed by atoms with Crippen LogP contribution in [0, 0.1) is 0 Å². The number of piperazine rings is 1. The van der Waals surface area contributed by atoms with Crippen molar-refractivity contribution >= 4 is 35.2 Å². The standard InChI is InChI=1S/C19H26ClN3O3S/c1-14-18(25)23(19(27-14)15-5-3-4-6-16(15)20)12-9-21-7-10-22(11-8-21)17(24)13-26-2/h3-6,14,19H,7-13H2,1-2H3/t14-,19+/m0/s1. The Morgan fingerprint density at radius 2 is 1.93 bits per heavy atom. The number of carbonyl (C=O) groups is 2. The van der Waals surface area contributed by atoms with Crippen LogP contribution in [0.5, 0.6) is 0 Å². The molecule has 2 heterocycles. The van der Waals surface area contributed by atoms with Crippen molar-refractivity contribution < 1.29 is 14.3 Å². The molecule has 0 spiro atoms. The number of carbonyl (C=O) groups excluding carboxylic acids is 2. The van der Waals surface area contributed by atoms with E-state index >= 15 is 0 Å². The van der Waals surface area contributed by atoms with E-state index in [-0.39, 0.29) is 29.0 Å². The van der Waals surface area contributed by atoms with Gasteiger partial charge in [0.2, 0.25) is 11.8 Å². The number of hydrogen-bond donors (Lipinski definition) is 0. The summed E-state index contributed by atoms with van der Waals surface area (Å²) < 4.78 is 4.92. The fourth-order valence-corrected chi connectivity index (χ4v) is 5.15. The highest BCUT2D eigenvalue weighted by Gasteiger charge is 2.39. The van der Waals surface area contributed by atoms with E-state index in [9.17, 15) is 9.59 Å². The molecule has 2 amide bonds. The van der Waals surface area contributed by atoms with Gasteiger partial charge in [-0.3, -0.25) is 14.5 Å². The van der Waals surface area contributed by atoms with Crippen molar-refractivity contribution in [3.05, 3.63) is 34.9 Å². The Morgan fingerprint density at radius 3 is 2.59 bits per heavy atom. The van der Waals surface area contributed by atoms with Crippen LogP contribution in [0.4, 0.5) is 0 Å². The van der Waals surface area contributed by atoms with E-state index in [1.54, 1.807) is 11.8 Å². The molecule has 27 heavy (non-hydrogen) atoms. The lowest BCUT2D eigenvalue weighted by molar-refractivity contribution is -0.136. The Kier molecular flexibility index (Phi) is 7.03. The van der Waals surface area contributed by atoms with Crippen LogP contribution < -0.4 is 0 Å². The van der Waals surface area contributed by atoms with Crippen LogP contribution >= 0.6 is 23.4 Å². The number of thioether (sulfide) groups is 1. The molecule has 2 saturated heterocycles. The minimum atomic E-state index is -0.0604. The lowest BCUT2D eigenvalue weighted by Crippen LogP contribution is -2.51. The summed E-state index contributed by atoms with van der Waals surface area (Å²) in [7, 11) is 1.54. The van der Waals surface area contributed by atoms with Gasteiger partial charge in [0.25, 0.3) is 0 Å². The Bertz CT molecular complexity index is 682. The molecule has 1 aromatic carbocycles. The Hall–Kier alpha value is -1.28. The summed E-state index contributed by atoms with van der Waals surface area (Å²) >= 11 is 8.03. The highest BCUT2D eigenvalue weighted by atomic mass is 35.5. The van der Waals surface area contributed by atoms with E-state index < -0.39 is 0 Å². The fourth-order valence-electron chi connectivity index (χ4n) is 3.50. The van der Waals surface area contributed by atoms with Crippen molar-refractivity contribution in [2.24, 2.45) is 0 Å². The summed E-state index contributed by atoms with van der Waals surface area (Å²) in [6.07, 6.45) is 0. The summed E-state index contributed by atoms with van der Waals surface area (Å²) in [6, 6.07) is 7.74. The van der Waals surface area contributed by atoms with Crippen molar-refractivity contribution in [1.29, 1.82) is 0 Å². The number of nitrogens with zero attached hydrogens (tertiary/aromatic N) is 3. The highest BCUT2D eigenvalue weighted by molar-refractivity contribution is 8.01. The van der Waals surface area contributed by atoms with Crippen LogP contribution in [0.3, 0.4) is 0 Å². The smallest absolute Gasteiger partial charge is 0.248 e. The van der Waals surface area contributed by atoms with E-state index in [4.69, 9.17) is 16.3 Å². The van der Waals surface area contributed by atoms with E-state index in [1.165, 1.54) is 7.11 Å². The largest absolute Gasteiger partial charge is 0.375 e. The molecule has 6 nitrogen and oxygen atoms in total. The molecule has 2 atom stereocenters. The van der Waals surface area contributed by atoms with Crippen molar-refractivity contribution in [3.8, 4) is 0 Å². The summed E-state index contributed by atoms with van der Waals surface area (Å²) in [6.45, 7) is 6.59. The first-order chi connectivity index (χ1) is 13.0. The number of amides is 2. The van der Waals surface area contributed by atoms with Crippen molar-refractivity contribution in [3.63, 3.8) is 0 Å². The first-order valence-corrected chi connectivity index (χ1v) is 10.5. The maximum absolute atomic E-state index is 12.7. The molecule has 3 rings (SSSR count). The normalized spacial score (nSPS) is 23.9. The van der Waals surface area contributed by atoms with Crippen molar-refractivity contribution in [2.45, 2.75) is 17.5 Å². The molecule has 1 aromatic rings. The topological polar surface area (TPSA) is 53.1 Å². The van der Waals surface area contributed by atoms with Crippen LogP contribution in [-0.4, -0.2) is 84.7 Å². The number of hydrogen-bond acceptors (Lipinski definition) is 5. The second-order valence-corrected chi connectivity index (χ2v) is 8.67. The maximum atomic E-state index is 12.7. The van der Waals surface area contributed by atoms with Gasteiger partial charge in [-0.1, -0.05) is 29.8 Å². The van der Waals surface area contributed by atoms with Crippen LogP contribution in [0.25, 0.3) is 0 Å². The molecule has 0 bridgehead atoms. The molecule has 2 fully saturated rings. The van der Waals surface area contributed by atoms with Gasteiger partial charge < -0.3 is 14.5 Å². The molecule has 8 heteroatoms. The predicted octanol–water partition coefficient (Wildman–Crippen LogP) is 2.09. The van der Waals surface area contributed by atoms with Crippen LogP contribution in [0.2, 0.25) is 5.02 Å². The van der Waals surface area contributed by atoms with Crippen LogP contribution in [0.1, 0.15) is 17.9 Å². The fraction of sp³-hybridized carbons (Fsp3) is 0.579. The number of benzene rings is 1. The van der Waals surface area contributed by atoms with Gasteiger partial charge >= 0.3 is 0 Å². The molecule has 0 unspecified atom stereocenters. The first kappa shape index (κ1) is 20.5. The molecular formula is C19H26ClN3O3S. The SMILES string of the molecule is COCC(=O)N1CCN(CCN2C(=O)[C@H](C)S[C@@H]2c2ccccc2Cl)CC1. The van der Waals surface area contributed by atoms with Gasteiger partial charge in [-0.15, -0.1) is 11.8 Å². The average Bonchev–Trinajstić information content (AvgIpc) is 2.95. The zero-order valence-corrected chi connectivity index (χ0v) is 17.3. The van der Waals surface area contributed by atoms with Crippen LogP contribution in [0.15, 0.2) is 24.3 Å². The minimum Gasteiger partial charge on any atom is -0.375 e. The highest BCUT2D eigenvalue weighted by Crippen LogP contribution is 2.44. The third-order valence-electron chi connectivity index (χ3n) is 5.07. The van der Waals surface area contributed by atoms with Gasteiger partial charge in [0.1, 0.15) is 12.0 Å². The van der Waals surface area contributed by atoms with Crippen LogP contribution in [-0.2, 0) is 14.3 Å². The minimum absolute atomic E-state index is 0.0363. The zero-order valence-electron chi connectivity index (χ0n) is 15.8. The first-order valence-electron chi connectivity index (χ1n) is 9.20. The van der Waals surface area contributed by atoms with E-state index in [0.717, 1.165) is 25.2 Å². The monoisotopic (exact) mass is 411 g/mol. The molecule has 0 N–H and O–H groups in total. The molecule has 0 aromatic heterocycles. The number of halogens is 1. The summed E-state index contributed by atoms with van der Waals surface area (Å²) in [5, 5.41) is 0.604. The van der Waals surface area contributed by atoms with Gasteiger partial charge in [-0.2, -0.15) is 0 Å². The Balaban J connectivity index is 1.57. The molecule has 2 aliphatic rings. The third-order valence-corrected chi connectivity index (χ3v) is 6.79. The number of ether oxygens (including phenoxy) is 1. The molecule has 2 aliphatic heterocycles. The maximum Gasteiger partial charge on any atom is 0.248 e. The van der Waals surface area contributed by atoms with Gasteiger partial charge in [0, 0.05) is 57.0 Å². The Morgan fingerprint density at radius 1 is 1.22 bits per heavy atom. The summed E-state index contributed by atoms with van der Waals surface area (Å²) in [4.78, 5) is 30.6. The molecule has 0 saturated carbocycles. The average molecular weight is 412 g/mol. The molecule has 0 aliphatic carbocycles. The summed E-state index contributed by atoms with van der Waals surface area (Å²) in [5.41, 5.74) is 0.997. The number of rotatable bonds is 6. The summed E-state index contributed by atoms with van der Waals surface area (Å²) in [5.74, 6) is 0.203. The molecule has 0 radical (unpaired) electrons. The van der Waals surface area contributed by atoms with E-state index in [0.29, 0.717) is 24.7 Å². The molecule has 148 valence electrons. The van der Waals surface area contributed by atoms with Gasteiger partial charge in [-0.05, 0) is 13.0 Å². The van der Waals surface area contributed by atoms with Crippen molar-refractivity contribution in [2.75, 3.05) is 53.0 Å². The van der Waals surface area contributed by atoms with Gasteiger partial charge in [0.15, 0.2) is 0 Å². The molecular weight excluding hydrogens is 386 g/mol. The van der Waals surface area contributed by atoms with Gasteiger partial charge in [-0.25, -0.2) is 0 Å². The Labute approximate surface area is 169 Å². The lowest BCUT2D eigenvalue weighted by atomic mass is 10.2. The zero-order chi connectivity index (χ0) is 19.4. The van der Waals surface area contributed by atoms with E-state index in [1.807, 2.05) is 41.0 Å².